The summed E-state index contributed by atoms with van der Waals surface area (Å²) in [4.78, 5) is 11.8. The van der Waals surface area contributed by atoms with Crippen LogP contribution in [0.4, 0.5) is 10.5 Å². The number of benzene rings is 2. The highest BCUT2D eigenvalue weighted by Gasteiger charge is 2.10. The van der Waals surface area contributed by atoms with E-state index >= 15 is 0 Å². The molecule has 3 rings (SSSR count). The van der Waals surface area contributed by atoms with Crippen LogP contribution in [0, 0.1) is 0 Å². The van der Waals surface area contributed by atoms with Crippen molar-refractivity contribution >= 4 is 11.7 Å². The molecule has 1 heterocycles. The topological polar surface area (TPSA) is 50.4 Å². The molecule has 0 saturated heterocycles. The molecule has 0 bridgehead atoms. The third-order valence-corrected chi connectivity index (χ3v) is 3.46. The lowest BCUT2D eigenvalue weighted by Crippen LogP contribution is -2.28. The zero-order valence-electron chi connectivity index (χ0n) is 11.8. The van der Waals surface area contributed by atoms with Crippen molar-refractivity contribution < 1.29 is 9.53 Å². The lowest BCUT2D eigenvalue weighted by atomic mass is 10.0. The summed E-state index contributed by atoms with van der Waals surface area (Å²) < 4.78 is 5.58. The molecule has 1 aliphatic rings. The Morgan fingerprint density at radius 1 is 1.14 bits per heavy atom. The highest BCUT2D eigenvalue weighted by atomic mass is 16.5. The van der Waals surface area contributed by atoms with Crippen molar-refractivity contribution in [2.24, 2.45) is 0 Å². The average Bonchev–Trinajstić information content (AvgIpc) is 2.54. The summed E-state index contributed by atoms with van der Waals surface area (Å²) in [5.74, 6) is 0.971. The minimum Gasteiger partial charge on any atom is -0.493 e. The molecule has 2 aromatic rings. The lowest BCUT2D eigenvalue weighted by Gasteiger charge is -2.18. The van der Waals surface area contributed by atoms with E-state index in [0.717, 1.165) is 36.4 Å². The fourth-order valence-electron chi connectivity index (χ4n) is 2.40. The van der Waals surface area contributed by atoms with Crippen LogP contribution in [0.25, 0.3) is 0 Å². The molecule has 108 valence electrons. The number of rotatable bonds is 3. The van der Waals surface area contributed by atoms with Crippen LogP contribution in [0.3, 0.4) is 0 Å². The molecule has 21 heavy (non-hydrogen) atoms. The van der Waals surface area contributed by atoms with E-state index in [0.29, 0.717) is 6.54 Å². The zero-order chi connectivity index (χ0) is 14.5. The SMILES string of the molecule is O=C(NCc1ccc2c(c1)CCCO2)Nc1ccccc1. The molecule has 0 atom stereocenters. The van der Waals surface area contributed by atoms with Crippen LogP contribution in [0.15, 0.2) is 48.5 Å². The first kappa shape index (κ1) is 13.5. The number of carbonyl (C=O) groups excluding carboxylic acids is 1. The fourth-order valence-corrected chi connectivity index (χ4v) is 2.40. The number of urea groups is 1. The molecular weight excluding hydrogens is 264 g/mol. The second-order valence-electron chi connectivity index (χ2n) is 5.07. The molecule has 0 radical (unpaired) electrons. The minimum absolute atomic E-state index is 0.199. The van der Waals surface area contributed by atoms with E-state index in [1.54, 1.807) is 0 Å². The fraction of sp³-hybridized carbons (Fsp3) is 0.235. The number of ether oxygens (including phenoxy) is 1. The monoisotopic (exact) mass is 282 g/mol. The van der Waals surface area contributed by atoms with Gasteiger partial charge in [-0.15, -0.1) is 0 Å². The van der Waals surface area contributed by atoms with Crippen LogP contribution in [-0.2, 0) is 13.0 Å². The van der Waals surface area contributed by atoms with Crippen molar-refractivity contribution in [2.75, 3.05) is 11.9 Å². The quantitative estimate of drug-likeness (QED) is 0.907. The van der Waals surface area contributed by atoms with Gasteiger partial charge in [-0.1, -0.05) is 30.3 Å². The van der Waals surface area contributed by atoms with Gasteiger partial charge >= 0.3 is 6.03 Å². The van der Waals surface area contributed by atoms with Gasteiger partial charge in [0.05, 0.1) is 6.61 Å². The van der Waals surface area contributed by atoms with Crippen molar-refractivity contribution in [1.82, 2.24) is 5.32 Å². The summed E-state index contributed by atoms with van der Waals surface area (Å²) in [6, 6.07) is 15.3. The molecular formula is C17H18N2O2. The Balaban J connectivity index is 1.56. The minimum atomic E-state index is -0.199. The number of aryl methyl sites for hydroxylation is 1. The summed E-state index contributed by atoms with van der Waals surface area (Å²) in [7, 11) is 0. The number of anilines is 1. The number of fused-ring (bicyclic) bond motifs is 1. The predicted octanol–water partition coefficient (Wildman–Crippen LogP) is 3.33. The second kappa shape index (κ2) is 6.31. The number of nitrogens with one attached hydrogen (secondary N) is 2. The molecule has 4 nitrogen and oxygen atoms in total. The zero-order valence-corrected chi connectivity index (χ0v) is 11.8. The van der Waals surface area contributed by atoms with Gasteiger partial charge in [0.2, 0.25) is 0 Å². The van der Waals surface area contributed by atoms with Gasteiger partial charge in [0.1, 0.15) is 5.75 Å². The van der Waals surface area contributed by atoms with Gasteiger partial charge in [-0.05, 0) is 42.2 Å². The van der Waals surface area contributed by atoms with Crippen LogP contribution >= 0.6 is 0 Å². The molecule has 0 fully saturated rings. The van der Waals surface area contributed by atoms with E-state index in [1.165, 1.54) is 5.56 Å². The highest BCUT2D eigenvalue weighted by Crippen LogP contribution is 2.25. The first-order valence-electron chi connectivity index (χ1n) is 7.16. The maximum absolute atomic E-state index is 11.8. The van der Waals surface area contributed by atoms with Gasteiger partial charge in [-0.25, -0.2) is 4.79 Å². The van der Waals surface area contributed by atoms with Gasteiger partial charge in [0.25, 0.3) is 0 Å². The summed E-state index contributed by atoms with van der Waals surface area (Å²) >= 11 is 0. The van der Waals surface area contributed by atoms with Crippen molar-refractivity contribution in [1.29, 1.82) is 0 Å². The van der Waals surface area contributed by atoms with Crippen LogP contribution in [0.2, 0.25) is 0 Å². The first-order chi connectivity index (χ1) is 10.3. The maximum atomic E-state index is 11.8. The third kappa shape index (κ3) is 3.54. The molecule has 0 aliphatic carbocycles. The predicted molar refractivity (Wildman–Crippen MR) is 82.6 cm³/mol. The Morgan fingerprint density at radius 3 is 2.86 bits per heavy atom. The number of amides is 2. The van der Waals surface area contributed by atoms with E-state index in [2.05, 4.69) is 16.7 Å². The smallest absolute Gasteiger partial charge is 0.319 e. The summed E-state index contributed by atoms with van der Waals surface area (Å²) in [6.07, 6.45) is 2.10. The Morgan fingerprint density at radius 2 is 2.00 bits per heavy atom. The lowest BCUT2D eigenvalue weighted by molar-refractivity contribution is 0.251. The van der Waals surface area contributed by atoms with Crippen LogP contribution < -0.4 is 15.4 Å². The number of hydrogen-bond acceptors (Lipinski definition) is 2. The van der Waals surface area contributed by atoms with Crippen LogP contribution in [-0.4, -0.2) is 12.6 Å². The highest BCUT2D eigenvalue weighted by molar-refractivity contribution is 5.89. The average molecular weight is 282 g/mol. The third-order valence-electron chi connectivity index (χ3n) is 3.46. The summed E-state index contributed by atoms with van der Waals surface area (Å²) in [6.45, 7) is 1.30. The number of hydrogen-bond donors (Lipinski definition) is 2. The molecule has 2 N–H and O–H groups in total. The standard InChI is InChI=1S/C17H18N2O2/c20-17(19-15-6-2-1-3-7-15)18-12-13-8-9-16-14(11-13)5-4-10-21-16/h1-3,6-9,11H,4-5,10,12H2,(H2,18,19,20). The summed E-state index contributed by atoms with van der Waals surface area (Å²) in [5, 5.41) is 5.66. The van der Waals surface area contributed by atoms with E-state index in [9.17, 15) is 4.79 Å². The molecule has 0 saturated carbocycles. The first-order valence-corrected chi connectivity index (χ1v) is 7.16. The van der Waals surface area contributed by atoms with Crippen LogP contribution in [0.1, 0.15) is 17.5 Å². The van der Waals surface area contributed by atoms with Gasteiger partial charge < -0.3 is 15.4 Å². The Labute approximate surface area is 124 Å². The summed E-state index contributed by atoms with van der Waals surface area (Å²) in [5.41, 5.74) is 3.10. The van der Waals surface area contributed by atoms with E-state index < -0.39 is 0 Å². The van der Waals surface area contributed by atoms with Crippen molar-refractivity contribution in [3.05, 3.63) is 59.7 Å². The molecule has 2 amide bonds. The Bertz CT molecular complexity index is 626. The number of carbonyl (C=O) groups is 1. The van der Waals surface area contributed by atoms with E-state index in [1.807, 2.05) is 42.5 Å². The molecule has 0 spiro atoms. The van der Waals surface area contributed by atoms with E-state index in [4.69, 9.17) is 4.74 Å². The molecule has 0 aromatic heterocycles. The van der Waals surface area contributed by atoms with Gasteiger partial charge in [-0.3, -0.25) is 0 Å². The van der Waals surface area contributed by atoms with Gasteiger partial charge in [0, 0.05) is 12.2 Å². The molecule has 1 aliphatic heterocycles. The van der Waals surface area contributed by atoms with Gasteiger partial charge in [0.15, 0.2) is 0 Å². The van der Waals surface area contributed by atoms with E-state index in [-0.39, 0.29) is 6.03 Å². The molecule has 2 aromatic carbocycles. The van der Waals surface area contributed by atoms with Gasteiger partial charge in [-0.2, -0.15) is 0 Å². The molecule has 0 unspecified atom stereocenters. The van der Waals surface area contributed by atoms with Crippen molar-refractivity contribution in [3.63, 3.8) is 0 Å². The Kier molecular flexibility index (Phi) is 4.05. The maximum Gasteiger partial charge on any atom is 0.319 e. The number of para-hydroxylation sites is 1. The second-order valence-corrected chi connectivity index (χ2v) is 5.07. The van der Waals surface area contributed by atoms with Crippen LogP contribution in [0.5, 0.6) is 5.75 Å². The normalized spacial score (nSPS) is 13.0. The molecule has 4 heteroatoms. The Hall–Kier alpha value is -2.49. The largest absolute Gasteiger partial charge is 0.493 e. The van der Waals surface area contributed by atoms with Crippen molar-refractivity contribution in [3.8, 4) is 5.75 Å². The van der Waals surface area contributed by atoms with Crippen molar-refractivity contribution in [2.45, 2.75) is 19.4 Å².